The highest BCUT2D eigenvalue weighted by atomic mass is 14.9. The quantitative estimate of drug-likeness (QED) is 0.847. The lowest BCUT2D eigenvalue weighted by Gasteiger charge is -2.12. The summed E-state index contributed by atoms with van der Waals surface area (Å²) in [5.74, 6) is 0. The SMILES string of the molecule is CCCC(C)NCc1ccc2ncccc2c1. The van der Waals surface area contributed by atoms with E-state index in [1.807, 2.05) is 12.3 Å². The van der Waals surface area contributed by atoms with Gasteiger partial charge >= 0.3 is 0 Å². The molecular weight excluding hydrogens is 208 g/mol. The van der Waals surface area contributed by atoms with Crippen LogP contribution in [0.25, 0.3) is 10.9 Å². The molecule has 0 spiro atoms. The van der Waals surface area contributed by atoms with E-state index in [1.54, 1.807) is 0 Å². The first-order valence-corrected chi connectivity index (χ1v) is 6.36. The van der Waals surface area contributed by atoms with Gasteiger partial charge in [0.15, 0.2) is 0 Å². The third kappa shape index (κ3) is 3.27. The smallest absolute Gasteiger partial charge is 0.0702 e. The highest BCUT2D eigenvalue weighted by Crippen LogP contribution is 2.13. The molecule has 0 amide bonds. The number of benzene rings is 1. The van der Waals surface area contributed by atoms with Crippen LogP contribution >= 0.6 is 0 Å². The number of fused-ring (bicyclic) bond motifs is 1. The zero-order valence-electron chi connectivity index (χ0n) is 10.6. The maximum atomic E-state index is 4.33. The normalized spacial score (nSPS) is 12.8. The number of nitrogens with one attached hydrogen (secondary N) is 1. The van der Waals surface area contributed by atoms with Crippen LogP contribution in [0.4, 0.5) is 0 Å². The summed E-state index contributed by atoms with van der Waals surface area (Å²) in [5, 5.41) is 4.76. The summed E-state index contributed by atoms with van der Waals surface area (Å²) in [6.07, 6.45) is 4.30. The standard InChI is InChI=1S/C15H20N2/c1-3-5-12(2)17-11-13-7-8-15-14(10-13)6-4-9-16-15/h4,6-10,12,17H,3,5,11H2,1-2H3. The largest absolute Gasteiger partial charge is 0.310 e. The average molecular weight is 228 g/mol. The molecule has 0 fully saturated rings. The van der Waals surface area contributed by atoms with Crippen LogP contribution < -0.4 is 5.32 Å². The lowest BCUT2D eigenvalue weighted by atomic mass is 10.1. The minimum Gasteiger partial charge on any atom is -0.310 e. The van der Waals surface area contributed by atoms with E-state index in [2.05, 4.69) is 48.4 Å². The van der Waals surface area contributed by atoms with E-state index in [4.69, 9.17) is 0 Å². The molecule has 0 aliphatic heterocycles. The van der Waals surface area contributed by atoms with Gasteiger partial charge in [-0.05, 0) is 37.1 Å². The molecule has 0 aliphatic rings. The predicted octanol–water partition coefficient (Wildman–Crippen LogP) is 3.51. The maximum absolute atomic E-state index is 4.33. The number of hydrogen-bond donors (Lipinski definition) is 1. The number of pyridine rings is 1. The van der Waals surface area contributed by atoms with Crippen LogP contribution in [0, 0.1) is 0 Å². The third-order valence-electron chi connectivity index (χ3n) is 3.04. The summed E-state index contributed by atoms with van der Waals surface area (Å²) in [5.41, 5.74) is 2.39. The molecule has 0 bridgehead atoms. The van der Waals surface area contributed by atoms with Gasteiger partial charge in [0.2, 0.25) is 0 Å². The van der Waals surface area contributed by atoms with E-state index >= 15 is 0 Å². The molecule has 2 heteroatoms. The topological polar surface area (TPSA) is 24.9 Å². The molecule has 0 radical (unpaired) electrons. The summed E-state index contributed by atoms with van der Waals surface area (Å²) >= 11 is 0. The van der Waals surface area contributed by atoms with E-state index in [0.29, 0.717) is 6.04 Å². The molecule has 0 saturated carbocycles. The fraction of sp³-hybridized carbons (Fsp3) is 0.400. The highest BCUT2D eigenvalue weighted by Gasteiger charge is 2.01. The van der Waals surface area contributed by atoms with Gasteiger partial charge < -0.3 is 5.32 Å². The van der Waals surface area contributed by atoms with Crippen LogP contribution in [-0.2, 0) is 6.54 Å². The Morgan fingerprint density at radius 3 is 3.00 bits per heavy atom. The Bertz CT molecular complexity index is 479. The van der Waals surface area contributed by atoms with Crippen molar-refractivity contribution in [3.8, 4) is 0 Å². The molecule has 0 aliphatic carbocycles. The molecule has 90 valence electrons. The fourth-order valence-corrected chi connectivity index (χ4v) is 2.06. The summed E-state index contributed by atoms with van der Waals surface area (Å²) < 4.78 is 0. The summed E-state index contributed by atoms with van der Waals surface area (Å²) in [4.78, 5) is 4.33. The minimum absolute atomic E-state index is 0.588. The van der Waals surface area contributed by atoms with Crippen molar-refractivity contribution in [3.05, 3.63) is 42.1 Å². The minimum atomic E-state index is 0.588. The molecule has 0 saturated heterocycles. The van der Waals surface area contributed by atoms with Crippen LogP contribution in [-0.4, -0.2) is 11.0 Å². The second-order valence-corrected chi connectivity index (χ2v) is 4.60. The van der Waals surface area contributed by atoms with Crippen LogP contribution in [0.2, 0.25) is 0 Å². The van der Waals surface area contributed by atoms with Gasteiger partial charge in [0.25, 0.3) is 0 Å². The van der Waals surface area contributed by atoms with Crippen molar-refractivity contribution in [2.75, 3.05) is 0 Å². The summed E-state index contributed by atoms with van der Waals surface area (Å²) in [6, 6.07) is 11.1. The number of rotatable bonds is 5. The van der Waals surface area contributed by atoms with Gasteiger partial charge in [-0.1, -0.05) is 25.5 Å². The van der Waals surface area contributed by atoms with E-state index in [1.165, 1.54) is 23.8 Å². The molecule has 1 aromatic heterocycles. The van der Waals surface area contributed by atoms with Crippen LogP contribution in [0.5, 0.6) is 0 Å². The van der Waals surface area contributed by atoms with Crippen LogP contribution in [0.15, 0.2) is 36.5 Å². The molecule has 2 rings (SSSR count). The summed E-state index contributed by atoms with van der Waals surface area (Å²) in [7, 11) is 0. The van der Waals surface area contributed by atoms with E-state index in [9.17, 15) is 0 Å². The first kappa shape index (κ1) is 12.1. The van der Waals surface area contributed by atoms with Gasteiger partial charge in [0.1, 0.15) is 0 Å². The molecule has 17 heavy (non-hydrogen) atoms. The summed E-state index contributed by atoms with van der Waals surface area (Å²) in [6.45, 7) is 5.40. The molecule has 2 nitrogen and oxygen atoms in total. The van der Waals surface area contributed by atoms with Crippen LogP contribution in [0.3, 0.4) is 0 Å². The monoisotopic (exact) mass is 228 g/mol. The average Bonchev–Trinajstić information content (AvgIpc) is 2.36. The molecule has 1 N–H and O–H groups in total. The zero-order valence-corrected chi connectivity index (χ0v) is 10.6. The van der Waals surface area contributed by atoms with Crippen LogP contribution in [0.1, 0.15) is 32.3 Å². The third-order valence-corrected chi connectivity index (χ3v) is 3.04. The fourth-order valence-electron chi connectivity index (χ4n) is 2.06. The van der Waals surface area contributed by atoms with Gasteiger partial charge in [-0.15, -0.1) is 0 Å². The maximum Gasteiger partial charge on any atom is 0.0702 e. The van der Waals surface area contributed by atoms with Crippen molar-refractivity contribution in [2.24, 2.45) is 0 Å². The lowest BCUT2D eigenvalue weighted by molar-refractivity contribution is 0.508. The Balaban J connectivity index is 2.04. The van der Waals surface area contributed by atoms with Gasteiger partial charge in [-0.3, -0.25) is 4.98 Å². The Morgan fingerprint density at radius 2 is 2.18 bits per heavy atom. The lowest BCUT2D eigenvalue weighted by Crippen LogP contribution is -2.25. The predicted molar refractivity (Wildman–Crippen MR) is 73.0 cm³/mol. The van der Waals surface area contributed by atoms with Crippen molar-refractivity contribution < 1.29 is 0 Å². The van der Waals surface area contributed by atoms with Crippen molar-refractivity contribution in [2.45, 2.75) is 39.3 Å². The van der Waals surface area contributed by atoms with Gasteiger partial charge in [-0.2, -0.15) is 0 Å². The van der Waals surface area contributed by atoms with Crippen molar-refractivity contribution in [1.82, 2.24) is 10.3 Å². The molecular formula is C15H20N2. The first-order valence-electron chi connectivity index (χ1n) is 6.36. The second kappa shape index (κ2) is 5.78. The Labute approximate surface area is 103 Å². The van der Waals surface area contributed by atoms with Gasteiger partial charge in [-0.25, -0.2) is 0 Å². The van der Waals surface area contributed by atoms with Gasteiger partial charge in [0, 0.05) is 24.2 Å². The van der Waals surface area contributed by atoms with Gasteiger partial charge in [0.05, 0.1) is 5.52 Å². The number of aromatic nitrogens is 1. The van der Waals surface area contributed by atoms with Crippen molar-refractivity contribution in [3.63, 3.8) is 0 Å². The van der Waals surface area contributed by atoms with E-state index in [-0.39, 0.29) is 0 Å². The molecule has 1 unspecified atom stereocenters. The molecule has 1 heterocycles. The number of nitrogens with zero attached hydrogens (tertiary/aromatic N) is 1. The van der Waals surface area contributed by atoms with E-state index < -0.39 is 0 Å². The number of hydrogen-bond acceptors (Lipinski definition) is 2. The molecule has 2 aromatic rings. The van der Waals surface area contributed by atoms with E-state index in [0.717, 1.165) is 12.1 Å². The highest BCUT2D eigenvalue weighted by molar-refractivity contribution is 5.78. The Morgan fingerprint density at radius 1 is 1.29 bits per heavy atom. The Hall–Kier alpha value is -1.41. The Kier molecular flexibility index (Phi) is 4.10. The van der Waals surface area contributed by atoms with Crippen molar-refractivity contribution in [1.29, 1.82) is 0 Å². The molecule has 1 atom stereocenters. The first-order chi connectivity index (χ1) is 8.29. The molecule has 1 aromatic carbocycles. The zero-order chi connectivity index (χ0) is 12.1. The van der Waals surface area contributed by atoms with Crippen molar-refractivity contribution >= 4 is 10.9 Å². The second-order valence-electron chi connectivity index (χ2n) is 4.60.